The lowest BCUT2D eigenvalue weighted by Gasteiger charge is -2.22. The van der Waals surface area contributed by atoms with E-state index in [1.54, 1.807) is 0 Å². The van der Waals surface area contributed by atoms with E-state index >= 15 is 0 Å². The lowest BCUT2D eigenvalue weighted by atomic mass is 10.2. The summed E-state index contributed by atoms with van der Waals surface area (Å²) in [5.74, 6) is 2.11. The molecule has 0 spiro atoms. The lowest BCUT2D eigenvalue weighted by Crippen LogP contribution is -2.36. The molecule has 122 valence electrons. The molecule has 0 radical (unpaired) electrons. The summed E-state index contributed by atoms with van der Waals surface area (Å²) in [5.41, 5.74) is 0. The van der Waals surface area contributed by atoms with Crippen molar-refractivity contribution in [1.29, 1.82) is 0 Å². The Morgan fingerprint density at radius 3 is 2.10 bits per heavy atom. The predicted molar refractivity (Wildman–Crippen MR) is 76.2 cm³/mol. The van der Waals surface area contributed by atoms with E-state index in [4.69, 9.17) is 26.0 Å². The first-order valence-electron chi connectivity index (χ1n) is 6.05. The Labute approximate surface area is 123 Å². The van der Waals surface area contributed by atoms with Crippen molar-refractivity contribution in [3.63, 3.8) is 0 Å². The number of hydrogen-bond donors (Lipinski definition) is 5. The summed E-state index contributed by atoms with van der Waals surface area (Å²) in [5, 5.41) is 2.49. The molecule has 0 aromatic carbocycles. The van der Waals surface area contributed by atoms with Gasteiger partial charge in [-0.3, -0.25) is 18.8 Å². The molecule has 0 aromatic heterocycles. The van der Waals surface area contributed by atoms with Gasteiger partial charge >= 0.3 is 15.2 Å². The maximum atomic E-state index is 11.4. The Hall–Kier alpha value is -0.710. The first-order valence-corrected chi connectivity index (χ1v) is 9.64. The molecule has 0 aliphatic carbocycles. The van der Waals surface area contributed by atoms with E-state index in [2.05, 4.69) is 11.2 Å². The zero-order valence-electron chi connectivity index (χ0n) is 11.4. The van der Waals surface area contributed by atoms with Crippen LogP contribution in [0.15, 0.2) is 0 Å². The van der Waals surface area contributed by atoms with Crippen LogP contribution in [0.25, 0.3) is 0 Å². The van der Waals surface area contributed by atoms with Crippen molar-refractivity contribution in [1.82, 2.24) is 10.2 Å². The van der Waals surface area contributed by atoms with Crippen LogP contribution in [0.1, 0.15) is 19.3 Å². The van der Waals surface area contributed by atoms with E-state index in [0.717, 1.165) is 4.90 Å². The number of terminal acetylenes is 1. The molecule has 0 saturated heterocycles. The van der Waals surface area contributed by atoms with E-state index < -0.39 is 27.8 Å². The van der Waals surface area contributed by atoms with Gasteiger partial charge in [0.05, 0.1) is 0 Å². The summed E-state index contributed by atoms with van der Waals surface area (Å²) >= 11 is 0. The number of nitrogens with zero attached hydrogens (tertiary/aromatic N) is 1. The third-order valence-electron chi connectivity index (χ3n) is 2.24. The molecule has 0 fully saturated rings. The predicted octanol–water partition coefficient (Wildman–Crippen LogP) is -0.522. The van der Waals surface area contributed by atoms with Crippen molar-refractivity contribution in [2.45, 2.75) is 19.3 Å². The normalized spacial score (nSPS) is 12.2. The second-order valence-corrected chi connectivity index (χ2v) is 7.64. The van der Waals surface area contributed by atoms with Crippen LogP contribution < -0.4 is 5.32 Å². The third-order valence-corrected chi connectivity index (χ3v) is 3.78. The molecule has 0 atom stereocenters. The Balaban J connectivity index is 4.24. The molecule has 5 N–H and O–H groups in total. The van der Waals surface area contributed by atoms with Crippen LogP contribution in [0.5, 0.6) is 0 Å². The highest BCUT2D eigenvalue weighted by Crippen LogP contribution is 2.40. The Bertz CT molecular complexity index is 441. The molecule has 0 aromatic rings. The number of carbonyl (C=O) groups excluding carboxylic acids is 1. The van der Waals surface area contributed by atoms with Crippen LogP contribution in [0.4, 0.5) is 0 Å². The van der Waals surface area contributed by atoms with Crippen LogP contribution >= 0.6 is 15.2 Å². The quantitative estimate of drug-likeness (QED) is 0.202. The van der Waals surface area contributed by atoms with Crippen LogP contribution in [0.2, 0.25) is 0 Å². The summed E-state index contributed by atoms with van der Waals surface area (Å²) in [6, 6.07) is 0. The van der Waals surface area contributed by atoms with E-state index in [0.29, 0.717) is 12.8 Å². The number of hydrogen-bond acceptors (Lipinski definition) is 4. The van der Waals surface area contributed by atoms with Gasteiger partial charge in [0, 0.05) is 25.9 Å². The van der Waals surface area contributed by atoms with Gasteiger partial charge in [0.15, 0.2) is 0 Å². The van der Waals surface area contributed by atoms with Crippen LogP contribution in [0, 0.1) is 12.3 Å². The van der Waals surface area contributed by atoms with Gasteiger partial charge in [-0.1, -0.05) is 0 Å². The fourth-order valence-electron chi connectivity index (χ4n) is 1.50. The first kappa shape index (κ1) is 20.3. The number of rotatable bonds is 10. The molecule has 1 amide bonds. The van der Waals surface area contributed by atoms with Crippen molar-refractivity contribution in [3.8, 4) is 12.3 Å². The zero-order chi connectivity index (χ0) is 16.5. The molecule has 21 heavy (non-hydrogen) atoms. The Morgan fingerprint density at radius 2 is 1.67 bits per heavy atom. The topological polar surface area (TPSA) is 147 Å². The molecule has 9 nitrogen and oxygen atoms in total. The molecular formula is C10H20N2O7P2. The van der Waals surface area contributed by atoms with E-state index in [-0.39, 0.29) is 25.4 Å². The summed E-state index contributed by atoms with van der Waals surface area (Å²) in [4.78, 5) is 47.7. The average molecular weight is 342 g/mol. The number of carbonyl (C=O) groups is 1. The minimum absolute atomic E-state index is 0.0227. The minimum atomic E-state index is -4.45. The summed E-state index contributed by atoms with van der Waals surface area (Å²) in [6.07, 6.45) is 4.68. The van der Waals surface area contributed by atoms with Gasteiger partial charge < -0.3 is 24.9 Å². The van der Waals surface area contributed by atoms with Gasteiger partial charge in [-0.15, -0.1) is 12.3 Å². The van der Waals surface area contributed by atoms with Gasteiger partial charge in [0.2, 0.25) is 5.91 Å². The van der Waals surface area contributed by atoms with Crippen molar-refractivity contribution in [2.75, 3.05) is 25.7 Å². The summed E-state index contributed by atoms with van der Waals surface area (Å²) < 4.78 is 21.8. The smallest absolute Gasteiger partial charge is 0.339 e. The number of unbranched alkanes of at least 4 members (excludes halogenated alkanes) is 1. The number of nitrogens with one attached hydrogen (secondary N) is 1. The van der Waals surface area contributed by atoms with Gasteiger partial charge in [-0.05, 0) is 6.42 Å². The van der Waals surface area contributed by atoms with E-state index in [9.17, 15) is 13.9 Å². The van der Waals surface area contributed by atoms with Crippen molar-refractivity contribution < 1.29 is 33.5 Å². The molecule has 0 heterocycles. The largest absolute Gasteiger partial charge is 0.355 e. The standard InChI is InChI=1S/C10H20N2O7P2/c1-2-3-4-5-10(13)11-6-7-12(8-20(14,15)16)9-21(17,18)19/h1H,3-9H2,(H,11,13)(H2,14,15,16)(H2,17,18,19). The molecule has 0 unspecified atom stereocenters. The van der Waals surface area contributed by atoms with Crippen LogP contribution in [-0.2, 0) is 13.9 Å². The first-order chi connectivity index (χ1) is 9.53. The van der Waals surface area contributed by atoms with Gasteiger partial charge in [-0.2, -0.15) is 0 Å². The fourth-order valence-corrected chi connectivity index (χ4v) is 3.18. The van der Waals surface area contributed by atoms with Crippen LogP contribution in [-0.4, -0.2) is 56.0 Å². The highest BCUT2D eigenvalue weighted by molar-refractivity contribution is 7.52. The Morgan fingerprint density at radius 1 is 1.14 bits per heavy atom. The zero-order valence-corrected chi connectivity index (χ0v) is 13.2. The highest BCUT2D eigenvalue weighted by Gasteiger charge is 2.25. The summed E-state index contributed by atoms with van der Waals surface area (Å²) in [6.45, 7) is -0.0635. The van der Waals surface area contributed by atoms with Crippen molar-refractivity contribution >= 4 is 21.1 Å². The van der Waals surface area contributed by atoms with E-state index in [1.807, 2.05) is 0 Å². The van der Waals surface area contributed by atoms with Crippen molar-refractivity contribution in [2.24, 2.45) is 0 Å². The highest BCUT2D eigenvalue weighted by atomic mass is 31.2. The molecular weight excluding hydrogens is 322 g/mol. The second-order valence-electron chi connectivity index (χ2n) is 4.41. The Kier molecular flexibility index (Phi) is 9.02. The SMILES string of the molecule is C#CCCCC(=O)NCCN(CP(=O)(O)O)CP(=O)(O)O. The van der Waals surface area contributed by atoms with Crippen LogP contribution in [0.3, 0.4) is 0 Å². The molecule has 11 heteroatoms. The molecule has 0 bridgehead atoms. The minimum Gasteiger partial charge on any atom is -0.355 e. The van der Waals surface area contributed by atoms with Gasteiger partial charge in [-0.25, -0.2) is 0 Å². The maximum Gasteiger partial charge on any atom is 0.339 e. The fraction of sp³-hybridized carbons (Fsp3) is 0.700. The maximum absolute atomic E-state index is 11.4. The van der Waals surface area contributed by atoms with Crippen molar-refractivity contribution in [3.05, 3.63) is 0 Å². The average Bonchev–Trinajstić information content (AvgIpc) is 2.24. The molecule has 0 saturated carbocycles. The monoisotopic (exact) mass is 342 g/mol. The summed E-state index contributed by atoms with van der Waals surface area (Å²) in [7, 11) is -8.89. The third kappa shape index (κ3) is 14.0. The van der Waals surface area contributed by atoms with Gasteiger partial charge in [0.25, 0.3) is 0 Å². The number of amides is 1. The second kappa shape index (κ2) is 9.34. The van der Waals surface area contributed by atoms with Gasteiger partial charge in [0.1, 0.15) is 12.6 Å². The van der Waals surface area contributed by atoms with E-state index in [1.165, 1.54) is 0 Å². The molecule has 0 rings (SSSR count). The molecule has 0 aliphatic rings. The molecule has 0 aliphatic heterocycles. The lowest BCUT2D eigenvalue weighted by molar-refractivity contribution is -0.121.